The van der Waals surface area contributed by atoms with Gasteiger partial charge in [0.25, 0.3) is 0 Å². The summed E-state index contributed by atoms with van der Waals surface area (Å²) in [4.78, 5) is 35.6. The number of hydrogen-bond donors (Lipinski definition) is 3. The highest BCUT2D eigenvalue weighted by molar-refractivity contribution is 5.83. The van der Waals surface area contributed by atoms with Crippen molar-refractivity contribution in [3.63, 3.8) is 0 Å². The highest BCUT2D eigenvalue weighted by atomic mass is 16.4. The molecule has 0 bridgehead atoms. The minimum Gasteiger partial charge on any atom is -0.480 e. The van der Waals surface area contributed by atoms with Crippen LogP contribution in [-0.4, -0.2) is 53.6 Å². The molecule has 2 atom stereocenters. The van der Waals surface area contributed by atoms with E-state index in [1.165, 1.54) is 0 Å². The summed E-state index contributed by atoms with van der Waals surface area (Å²) in [6, 6.07) is -1.55. The van der Waals surface area contributed by atoms with E-state index >= 15 is 0 Å². The van der Waals surface area contributed by atoms with Gasteiger partial charge in [0.05, 0.1) is 0 Å². The second-order valence-electron chi connectivity index (χ2n) is 5.19. The maximum atomic E-state index is 11.7. The molecular weight excluding hydrogens is 250 g/mol. The van der Waals surface area contributed by atoms with Crippen molar-refractivity contribution in [3.05, 3.63) is 0 Å². The van der Waals surface area contributed by atoms with E-state index in [4.69, 9.17) is 5.11 Å². The number of nitrogens with zero attached hydrogens (tertiary/aromatic N) is 1. The van der Waals surface area contributed by atoms with Gasteiger partial charge in [0, 0.05) is 26.1 Å². The Hall–Kier alpha value is -1.79. The third-order valence-electron chi connectivity index (χ3n) is 3.18. The summed E-state index contributed by atoms with van der Waals surface area (Å²) in [5.41, 5.74) is 0. The first-order chi connectivity index (χ1) is 8.81. The van der Waals surface area contributed by atoms with Gasteiger partial charge in [-0.15, -0.1) is 0 Å². The van der Waals surface area contributed by atoms with Crippen LogP contribution < -0.4 is 10.6 Å². The Morgan fingerprint density at radius 1 is 1.42 bits per heavy atom. The number of nitrogens with one attached hydrogen (secondary N) is 2. The summed E-state index contributed by atoms with van der Waals surface area (Å²) in [6.45, 7) is 3.91. The number of aliphatic carboxylic acids is 1. The Morgan fingerprint density at radius 3 is 2.53 bits per heavy atom. The molecule has 0 radical (unpaired) electrons. The fourth-order valence-corrected chi connectivity index (χ4v) is 2.01. The number of urea groups is 1. The molecule has 0 aliphatic carbocycles. The van der Waals surface area contributed by atoms with Crippen LogP contribution in [0.1, 0.15) is 26.7 Å². The van der Waals surface area contributed by atoms with Crippen LogP contribution in [0.3, 0.4) is 0 Å². The Bertz CT molecular complexity index is 370. The molecule has 0 spiro atoms. The number of carbonyl (C=O) groups excluding carboxylic acids is 2. The molecule has 1 aliphatic rings. The number of amides is 3. The van der Waals surface area contributed by atoms with Crippen molar-refractivity contribution in [2.45, 2.75) is 38.8 Å². The van der Waals surface area contributed by atoms with Crippen molar-refractivity contribution in [1.29, 1.82) is 0 Å². The van der Waals surface area contributed by atoms with Crippen LogP contribution in [0, 0.1) is 5.92 Å². The molecule has 0 aromatic carbocycles. The molecule has 1 unspecified atom stereocenters. The SMILES string of the molecule is CC(C)[C@H](NC(=O)NC1CCC(=O)N(C)C1)C(=O)O. The van der Waals surface area contributed by atoms with Crippen LogP contribution in [0.2, 0.25) is 0 Å². The molecule has 7 heteroatoms. The second-order valence-corrected chi connectivity index (χ2v) is 5.19. The molecule has 0 aromatic rings. The Morgan fingerprint density at radius 2 is 2.05 bits per heavy atom. The molecule has 1 rings (SSSR count). The average molecular weight is 271 g/mol. The predicted octanol–water partition coefficient (Wildman–Crippen LogP) is 0.0156. The van der Waals surface area contributed by atoms with Crippen molar-refractivity contribution < 1.29 is 19.5 Å². The summed E-state index contributed by atoms with van der Waals surface area (Å²) < 4.78 is 0. The number of likely N-dealkylation sites (tertiary alicyclic amines) is 1. The largest absolute Gasteiger partial charge is 0.480 e. The lowest BCUT2D eigenvalue weighted by Crippen LogP contribution is -2.54. The van der Waals surface area contributed by atoms with Gasteiger partial charge in [0.2, 0.25) is 5.91 Å². The fraction of sp³-hybridized carbons (Fsp3) is 0.750. The first-order valence-corrected chi connectivity index (χ1v) is 6.35. The number of rotatable bonds is 4. The summed E-state index contributed by atoms with van der Waals surface area (Å²) in [5, 5.41) is 14.1. The summed E-state index contributed by atoms with van der Waals surface area (Å²) in [6.07, 6.45) is 0.976. The van der Waals surface area contributed by atoms with Crippen molar-refractivity contribution >= 4 is 17.9 Å². The molecule has 108 valence electrons. The van der Waals surface area contributed by atoms with E-state index in [2.05, 4.69) is 10.6 Å². The molecule has 1 fully saturated rings. The van der Waals surface area contributed by atoms with Gasteiger partial charge in [-0.3, -0.25) is 4.79 Å². The number of hydrogen-bond acceptors (Lipinski definition) is 3. The number of carboxylic acid groups (broad SMARTS) is 1. The molecule has 1 saturated heterocycles. The number of carboxylic acids is 1. The predicted molar refractivity (Wildman–Crippen MR) is 68.6 cm³/mol. The van der Waals surface area contributed by atoms with Gasteiger partial charge in [-0.2, -0.15) is 0 Å². The van der Waals surface area contributed by atoms with Crippen molar-refractivity contribution in [2.75, 3.05) is 13.6 Å². The number of carbonyl (C=O) groups is 3. The molecule has 3 N–H and O–H groups in total. The maximum absolute atomic E-state index is 11.7. The zero-order chi connectivity index (χ0) is 14.6. The van der Waals surface area contributed by atoms with Gasteiger partial charge in [0.1, 0.15) is 6.04 Å². The van der Waals surface area contributed by atoms with Crippen molar-refractivity contribution in [3.8, 4) is 0 Å². The minimum atomic E-state index is -1.05. The third-order valence-corrected chi connectivity index (χ3v) is 3.18. The van der Waals surface area contributed by atoms with Crippen molar-refractivity contribution in [2.24, 2.45) is 5.92 Å². The molecule has 7 nitrogen and oxygen atoms in total. The molecule has 19 heavy (non-hydrogen) atoms. The van der Waals surface area contributed by atoms with Gasteiger partial charge in [-0.1, -0.05) is 13.8 Å². The minimum absolute atomic E-state index is 0.0593. The van der Waals surface area contributed by atoms with E-state index in [0.717, 1.165) is 0 Å². The molecule has 1 heterocycles. The molecule has 1 aliphatic heterocycles. The van der Waals surface area contributed by atoms with E-state index in [0.29, 0.717) is 19.4 Å². The molecule has 0 saturated carbocycles. The topological polar surface area (TPSA) is 98.7 Å². The highest BCUT2D eigenvalue weighted by Gasteiger charge is 2.27. The van der Waals surface area contributed by atoms with E-state index in [-0.39, 0.29) is 17.9 Å². The monoisotopic (exact) mass is 271 g/mol. The fourth-order valence-electron chi connectivity index (χ4n) is 2.01. The van der Waals surface area contributed by atoms with E-state index in [1.807, 2.05) is 0 Å². The van der Waals surface area contributed by atoms with Gasteiger partial charge in [0.15, 0.2) is 0 Å². The first kappa shape index (κ1) is 15.3. The van der Waals surface area contributed by atoms with Gasteiger partial charge in [-0.25, -0.2) is 9.59 Å². The van der Waals surface area contributed by atoms with E-state index in [1.54, 1.807) is 25.8 Å². The van der Waals surface area contributed by atoms with Crippen LogP contribution in [0.5, 0.6) is 0 Å². The van der Waals surface area contributed by atoms with Gasteiger partial charge < -0.3 is 20.6 Å². The highest BCUT2D eigenvalue weighted by Crippen LogP contribution is 2.09. The molecule has 3 amide bonds. The number of likely N-dealkylation sites (N-methyl/N-ethyl adjacent to an activating group) is 1. The van der Waals surface area contributed by atoms with Crippen LogP contribution in [0.15, 0.2) is 0 Å². The van der Waals surface area contributed by atoms with E-state index < -0.39 is 18.0 Å². The smallest absolute Gasteiger partial charge is 0.326 e. The average Bonchev–Trinajstić information content (AvgIpc) is 2.30. The lowest BCUT2D eigenvalue weighted by Gasteiger charge is -2.30. The van der Waals surface area contributed by atoms with Crippen LogP contribution in [0.25, 0.3) is 0 Å². The normalized spacial score (nSPS) is 21.2. The Kier molecular flexibility index (Phi) is 5.14. The van der Waals surface area contributed by atoms with Crippen molar-refractivity contribution in [1.82, 2.24) is 15.5 Å². The van der Waals surface area contributed by atoms with Gasteiger partial charge >= 0.3 is 12.0 Å². The lowest BCUT2D eigenvalue weighted by molar-refractivity contribution is -0.140. The first-order valence-electron chi connectivity index (χ1n) is 6.35. The summed E-state index contributed by atoms with van der Waals surface area (Å²) in [7, 11) is 1.68. The standard InChI is InChI=1S/C12H21N3O4/c1-7(2)10(11(17)18)14-12(19)13-8-4-5-9(16)15(3)6-8/h7-8,10H,4-6H2,1-3H3,(H,17,18)(H2,13,14,19)/t8?,10-/m0/s1. The quantitative estimate of drug-likeness (QED) is 0.671. The lowest BCUT2D eigenvalue weighted by atomic mass is 10.0. The zero-order valence-corrected chi connectivity index (χ0v) is 11.5. The second kappa shape index (κ2) is 6.40. The van der Waals surface area contributed by atoms with Crippen LogP contribution in [-0.2, 0) is 9.59 Å². The third kappa shape index (κ3) is 4.42. The van der Waals surface area contributed by atoms with Crippen LogP contribution in [0.4, 0.5) is 4.79 Å². The molecular formula is C12H21N3O4. The Balaban J connectivity index is 2.47. The maximum Gasteiger partial charge on any atom is 0.326 e. The van der Waals surface area contributed by atoms with Crippen LogP contribution >= 0.6 is 0 Å². The molecule has 0 aromatic heterocycles. The Labute approximate surface area is 112 Å². The summed E-state index contributed by atoms with van der Waals surface area (Å²) in [5.74, 6) is -1.19. The van der Waals surface area contributed by atoms with Gasteiger partial charge in [-0.05, 0) is 12.3 Å². The number of piperidine rings is 1. The van der Waals surface area contributed by atoms with E-state index in [9.17, 15) is 14.4 Å². The summed E-state index contributed by atoms with van der Waals surface area (Å²) >= 11 is 0. The zero-order valence-electron chi connectivity index (χ0n) is 11.5.